The molecule has 1 aliphatic heterocycles. The second kappa shape index (κ2) is 11.4. The van der Waals surface area contributed by atoms with Gasteiger partial charge in [-0.2, -0.15) is 5.26 Å². The Morgan fingerprint density at radius 2 is 1.73 bits per heavy atom. The second-order valence-electron chi connectivity index (χ2n) is 8.45. The molecule has 1 N–H and O–H groups in total. The van der Waals surface area contributed by atoms with Crippen LogP contribution in [0.5, 0.6) is 0 Å². The molecular weight excluding hydrogens is 636 g/mol. The van der Waals surface area contributed by atoms with E-state index in [0.717, 1.165) is 50.0 Å². The van der Waals surface area contributed by atoms with Crippen molar-refractivity contribution in [3.8, 4) is 28.6 Å². The number of thioether (sulfide) groups is 1. The van der Waals surface area contributed by atoms with E-state index >= 15 is 0 Å². The Labute approximate surface area is 239 Å². The molecule has 2 aromatic carbocycles. The van der Waals surface area contributed by atoms with Crippen molar-refractivity contribution >= 4 is 65.9 Å². The Bertz CT molecular complexity index is 1500. The maximum Gasteiger partial charge on any atom is 0.235 e. The Hall–Kier alpha value is -2.62. The van der Waals surface area contributed by atoms with Gasteiger partial charge < -0.3 is 10.2 Å². The lowest BCUT2D eigenvalue weighted by atomic mass is 10.0. The third kappa shape index (κ3) is 5.94. The zero-order valence-electron chi connectivity index (χ0n) is 19.7. The van der Waals surface area contributed by atoms with Crippen molar-refractivity contribution < 1.29 is 4.79 Å². The number of nitrogens with one attached hydrogen (secondary N) is 1. The number of aromatic nitrogens is 3. The topological polar surface area (TPSA) is 94.8 Å². The van der Waals surface area contributed by atoms with Crippen molar-refractivity contribution in [2.75, 3.05) is 24.7 Å². The molecule has 0 atom stereocenters. The van der Waals surface area contributed by atoms with Crippen molar-refractivity contribution in [3.05, 3.63) is 73.5 Å². The molecule has 1 amide bonds. The molecule has 0 unspecified atom stereocenters. The van der Waals surface area contributed by atoms with E-state index in [-0.39, 0.29) is 11.7 Å². The van der Waals surface area contributed by atoms with Crippen molar-refractivity contribution in [1.29, 1.82) is 5.26 Å². The largest absolute Gasteiger partial charge is 0.316 e. The van der Waals surface area contributed by atoms with Crippen LogP contribution in [0.25, 0.3) is 22.5 Å². The summed E-state index contributed by atoms with van der Waals surface area (Å²) in [6.07, 6.45) is 0.818. The van der Waals surface area contributed by atoms with Gasteiger partial charge in [0, 0.05) is 38.0 Å². The number of nitrogens with zero attached hydrogens (tertiary/aromatic N) is 5. The van der Waals surface area contributed by atoms with Gasteiger partial charge >= 0.3 is 0 Å². The number of benzene rings is 2. The Balaban J connectivity index is 1.36. The first-order valence-corrected chi connectivity index (χ1v) is 14.7. The average Bonchev–Trinajstić information content (AvgIpc) is 3.24. The first-order chi connectivity index (χ1) is 17.9. The van der Waals surface area contributed by atoms with Crippen LogP contribution in [-0.2, 0) is 17.8 Å². The molecule has 186 valence electrons. The fraction of sp³-hybridized carbons (Fsp3) is 0.192. The Morgan fingerprint density at radius 1 is 1.08 bits per heavy atom. The summed E-state index contributed by atoms with van der Waals surface area (Å²) >= 11 is 9.65. The number of likely N-dealkylation sites (N-methyl/N-ethyl adjacent to an activating group) is 1. The number of fused-ring (bicyclic) bond motifs is 1. The fourth-order valence-electron chi connectivity index (χ4n) is 4.01. The van der Waals surface area contributed by atoms with Gasteiger partial charge in [0.05, 0.1) is 11.3 Å². The van der Waals surface area contributed by atoms with Crippen molar-refractivity contribution in [2.24, 2.45) is 0 Å². The van der Waals surface area contributed by atoms with Gasteiger partial charge in [0.15, 0.2) is 0 Å². The summed E-state index contributed by atoms with van der Waals surface area (Å²) in [6.45, 7) is 1.70. The number of hydrogen-bond acceptors (Lipinski definition) is 8. The summed E-state index contributed by atoms with van der Waals surface area (Å²) in [5.74, 6) is -0.105. The quantitative estimate of drug-likeness (QED) is 0.241. The third-order valence-corrected chi connectivity index (χ3v) is 8.87. The molecule has 37 heavy (non-hydrogen) atoms. The molecule has 1 aliphatic rings. The lowest BCUT2D eigenvalue weighted by Crippen LogP contribution is -2.25. The molecule has 3 heterocycles. The zero-order chi connectivity index (χ0) is 25.9. The van der Waals surface area contributed by atoms with E-state index in [0.29, 0.717) is 27.1 Å². The minimum absolute atomic E-state index is 0.104. The van der Waals surface area contributed by atoms with Crippen molar-refractivity contribution in [3.63, 3.8) is 0 Å². The number of carbonyl (C=O) groups is 1. The molecule has 0 aliphatic carbocycles. The molecule has 0 bridgehead atoms. The van der Waals surface area contributed by atoms with Crippen LogP contribution < -0.4 is 5.32 Å². The first-order valence-electron chi connectivity index (χ1n) is 11.3. The molecule has 11 heteroatoms. The van der Waals surface area contributed by atoms with Crippen LogP contribution in [0.1, 0.15) is 16.0 Å². The normalized spacial score (nSPS) is 13.1. The first kappa shape index (κ1) is 26.0. The van der Waals surface area contributed by atoms with E-state index in [1.54, 1.807) is 0 Å². The van der Waals surface area contributed by atoms with Gasteiger partial charge in [0.25, 0.3) is 0 Å². The fourth-order valence-corrected chi connectivity index (χ4v) is 6.42. The lowest BCUT2D eigenvalue weighted by Gasteiger charge is -2.21. The van der Waals surface area contributed by atoms with Gasteiger partial charge in [-0.25, -0.2) is 4.98 Å². The second-order valence-corrected chi connectivity index (χ2v) is 12.3. The van der Waals surface area contributed by atoms with Crippen molar-refractivity contribution in [2.45, 2.75) is 18.1 Å². The standard InChI is InChI=1S/C26H20Br2N6OS2/c1-34-11-10-19-20(12-29)25(37-21(19)13-34)30-22(35)14-36-26-31-23(15-2-6-17(27)7-3-15)24(32-33-26)16-4-8-18(28)9-5-16/h2-9H,10-11,13-14H2,1H3,(H,30,35). The number of thiophene rings is 1. The Kier molecular flexibility index (Phi) is 8.02. The highest BCUT2D eigenvalue weighted by atomic mass is 79.9. The Morgan fingerprint density at radius 3 is 2.38 bits per heavy atom. The monoisotopic (exact) mass is 654 g/mol. The molecule has 5 rings (SSSR count). The molecule has 2 aromatic heterocycles. The smallest absolute Gasteiger partial charge is 0.235 e. The molecule has 7 nitrogen and oxygen atoms in total. The number of nitriles is 1. The van der Waals surface area contributed by atoms with Gasteiger partial charge in [-0.1, -0.05) is 67.9 Å². The predicted octanol–water partition coefficient (Wildman–Crippen LogP) is 6.38. The van der Waals surface area contributed by atoms with Gasteiger partial charge in [0.1, 0.15) is 22.5 Å². The van der Waals surface area contributed by atoms with Crippen LogP contribution in [0.3, 0.4) is 0 Å². The van der Waals surface area contributed by atoms with Gasteiger partial charge in [-0.05, 0) is 43.3 Å². The van der Waals surface area contributed by atoms with Gasteiger partial charge in [-0.3, -0.25) is 4.79 Å². The number of amides is 1. The number of anilines is 1. The van der Waals surface area contributed by atoms with Gasteiger partial charge in [-0.15, -0.1) is 21.5 Å². The van der Waals surface area contributed by atoms with E-state index < -0.39 is 0 Å². The summed E-state index contributed by atoms with van der Waals surface area (Å²) in [6, 6.07) is 17.9. The van der Waals surface area contributed by atoms with Crippen LogP contribution in [0.2, 0.25) is 0 Å². The SMILES string of the molecule is CN1CCc2c(sc(NC(=O)CSc3nnc(-c4ccc(Br)cc4)c(-c4ccc(Br)cc4)n3)c2C#N)C1. The summed E-state index contributed by atoms with van der Waals surface area (Å²) < 4.78 is 1.94. The maximum absolute atomic E-state index is 12.8. The van der Waals surface area contributed by atoms with Crippen LogP contribution in [0.15, 0.2) is 62.6 Å². The predicted molar refractivity (Wildman–Crippen MR) is 155 cm³/mol. The lowest BCUT2D eigenvalue weighted by molar-refractivity contribution is -0.113. The summed E-state index contributed by atoms with van der Waals surface area (Å²) in [5.41, 5.74) is 4.79. The summed E-state index contributed by atoms with van der Waals surface area (Å²) in [7, 11) is 2.06. The maximum atomic E-state index is 12.8. The molecule has 0 spiro atoms. The molecule has 4 aromatic rings. The van der Waals surface area contributed by atoms with E-state index in [1.807, 2.05) is 48.5 Å². The summed E-state index contributed by atoms with van der Waals surface area (Å²) in [4.78, 5) is 20.9. The highest BCUT2D eigenvalue weighted by Gasteiger charge is 2.24. The number of carbonyl (C=O) groups excluding carboxylic acids is 1. The minimum atomic E-state index is -0.209. The van der Waals surface area contributed by atoms with Crippen LogP contribution >= 0.6 is 55.0 Å². The van der Waals surface area contributed by atoms with Crippen LogP contribution in [-0.4, -0.2) is 45.3 Å². The number of rotatable bonds is 6. The molecule has 0 radical (unpaired) electrons. The van der Waals surface area contributed by atoms with Crippen LogP contribution in [0.4, 0.5) is 5.00 Å². The highest BCUT2D eigenvalue weighted by Crippen LogP contribution is 2.36. The average molecular weight is 656 g/mol. The van der Waals surface area contributed by atoms with Crippen LogP contribution in [0, 0.1) is 11.3 Å². The molecular formula is C26H20Br2N6OS2. The summed E-state index contributed by atoms with van der Waals surface area (Å²) in [5, 5.41) is 22.4. The van der Waals surface area contributed by atoms with Gasteiger partial charge in [0.2, 0.25) is 11.1 Å². The van der Waals surface area contributed by atoms with E-state index in [2.05, 4.69) is 65.4 Å². The number of halogens is 2. The third-order valence-electron chi connectivity index (χ3n) is 5.85. The van der Waals surface area contributed by atoms with Crippen molar-refractivity contribution in [1.82, 2.24) is 20.1 Å². The molecule has 0 saturated heterocycles. The van der Waals surface area contributed by atoms with E-state index in [1.165, 1.54) is 23.1 Å². The number of hydrogen-bond donors (Lipinski definition) is 1. The minimum Gasteiger partial charge on any atom is -0.316 e. The zero-order valence-corrected chi connectivity index (χ0v) is 24.5. The highest BCUT2D eigenvalue weighted by molar-refractivity contribution is 9.10. The van der Waals surface area contributed by atoms with E-state index in [9.17, 15) is 10.1 Å². The molecule has 0 fully saturated rings. The molecule has 0 saturated carbocycles. The van der Waals surface area contributed by atoms with E-state index in [4.69, 9.17) is 4.98 Å².